The highest BCUT2D eigenvalue weighted by molar-refractivity contribution is 7.18. The highest BCUT2D eigenvalue weighted by Crippen LogP contribution is 2.35. The van der Waals surface area contributed by atoms with E-state index in [1.165, 1.54) is 24.4 Å². The van der Waals surface area contributed by atoms with Crippen LogP contribution in [0.5, 0.6) is 5.75 Å². The second-order valence-corrected chi connectivity index (χ2v) is 4.27. The first-order valence-electron chi connectivity index (χ1n) is 3.77. The van der Waals surface area contributed by atoms with E-state index in [0.717, 1.165) is 11.3 Å². The van der Waals surface area contributed by atoms with E-state index in [-0.39, 0.29) is 11.3 Å². The molecule has 1 N–H and O–H groups in total. The molecule has 14 heavy (non-hydrogen) atoms. The van der Waals surface area contributed by atoms with Gasteiger partial charge in [-0.3, -0.25) is 0 Å². The van der Waals surface area contributed by atoms with Crippen molar-refractivity contribution in [1.29, 1.82) is 0 Å². The summed E-state index contributed by atoms with van der Waals surface area (Å²) in [5.74, 6) is -0.632. The Bertz CT molecular complexity index is 451. The minimum absolute atomic E-state index is 0.101. The monoisotopic (exact) mass is 229 g/mol. The van der Waals surface area contributed by atoms with Crippen molar-refractivity contribution in [3.05, 3.63) is 34.5 Å². The van der Waals surface area contributed by atoms with Gasteiger partial charge in [-0.25, -0.2) is 9.37 Å². The summed E-state index contributed by atoms with van der Waals surface area (Å²) in [6.07, 6.45) is 1.42. The molecule has 0 fully saturated rings. The van der Waals surface area contributed by atoms with Crippen molar-refractivity contribution in [1.82, 2.24) is 4.98 Å². The van der Waals surface area contributed by atoms with Crippen LogP contribution in [0.2, 0.25) is 4.34 Å². The van der Waals surface area contributed by atoms with Gasteiger partial charge in [0.1, 0.15) is 20.9 Å². The second kappa shape index (κ2) is 3.55. The number of hydrogen-bond donors (Lipinski definition) is 1. The standard InChI is InChI=1S/C9H5ClFNOS/c10-7-4-12-9(14-7)8-5(11)2-1-3-6(8)13/h1-4,13H. The molecule has 0 amide bonds. The van der Waals surface area contributed by atoms with E-state index in [4.69, 9.17) is 11.6 Å². The van der Waals surface area contributed by atoms with Crippen LogP contribution in [0.1, 0.15) is 0 Å². The summed E-state index contributed by atoms with van der Waals surface area (Å²) >= 11 is 6.79. The van der Waals surface area contributed by atoms with Gasteiger partial charge < -0.3 is 5.11 Å². The van der Waals surface area contributed by atoms with Gasteiger partial charge in [0.15, 0.2) is 0 Å². The molecule has 0 aliphatic carbocycles. The zero-order valence-corrected chi connectivity index (χ0v) is 8.44. The summed E-state index contributed by atoms with van der Waals surface area (Å²) in [5.41, 5.74) is 0.101. The van der Waals surface area contributed by atoms with Crippen LogP contribution in [-0.4, -0.2) is 10.1 Å². The van der Waals surface area contributed by atoms with Crippen LogP contribution in [0.15, 0.2) is 24.4 Å². The van der Waals surface area contributed by atoms with E-state index >= 15 is 0 Å². The summed E-state index contributed by atoms with van der Waals surface area (Å²) in [6, 6.07) is 4.11. The summed E-state index contributed by atoms with van der Waals surface area (Å²) in [6.45, 7) is 0. The van der Waals surface area contributed by atoms with Crippen LogP contribution in [0, 0.1) is 5.82 Å². The number of aromatic hydroxyl groups is 1. The van der Waals surface area contributed by atoms with Crippen molar-refractivity contribution in [2.75, 3.05) is 0 Å². The number of benzene rings is 1. The molecule has 0 unspecified atom stereocenters. The third kappa shape index (κ3) is 1.58. The van der Waals surface area contributed by atoms with E-state index < -0.39 is 5.82 Å². The lowest BCUT2D eigenvalue weighted by Gasteiger charge is -2.00. The zero-order valence-electron chi connectivity index (χ0n) is 6.87. The molecule has 0 aliphatic heterocycles. The summed E-state index contributed by atoms with van der Waals surface area (Å²) in [4.78, 5) is 3.89. The predicted molar refractivity (Wildman–Crippen MR) is 54.2 cm³/mol. The van der Waals surface area contributed by atoms with Gasteiger partial charge in [0.2, 0.25) is 0 Å². The number of nitrogens with zero attached hydrogens (tertiary/aromatic N) is 1. The maximum atomic E-state index is 13.3. The second-order valence-electron chi connectivity index (χ2n) is 2.60. The molecule has 2 rings (SSSR count). The van der Waals surface area contributed by atoms with E-state index in [0.29, 0.717) is 9.34 Å². The van der Waals surface area contributed by atoms with Crippen LogP contribution >= 0.6 is 22.9 Å². The van der Waals surface area contributed by atoms with Gasteiger partial charge in [-0.15, -0.1) is 11.3 Å². The van der Waals surface area contributed by atoms with Crippen LogP contribution in [0.4, 0.5) is 4.39 Å². The molecule has 0 bridgehead atoms. The van der Waals surface area contributed by atoms with E-state index in [9.17, 15) is 9.50 Å². The van der Waals surface area contributed by atoms with Crippen molar-refractivity contribution in [3.8, 4) is 16.3 Å². The number of phenols is 1. The van der Waals surface area contributed by atoms with E-state index in [1.807, 2.05) is 0 Å². The Morgan fingerprint density at radius 2 is 2.21 bits per heavy atom. The maximum Gasteiger partial charge on any atom is 0.137 e. The number of thiazole rings is 1. The molecule has 0 spiro atoms. The molecule has 5 heteroatoms. The molecule has 2 aromatic rings. The SMILES string of the molecule is Oc1cccc(F)c1-c1ncc(Cl)s1. The molecule has 0 saturated carbocycles. The highest BCUT2D eigenvalue weighted by Gasteiger charge is 2.13. The van der Waals surface area contributed by atoms with Crippen LogP contribution in [-0.2, 0) is 0 Å². The smallest absolute Gasteiger partial charge is 0.137 e. The Hall–Kier alpha value is -1.13. The van der Waals surface area contributed by atoms with Gasteiger partial charge in [0.25, 0.3) is 0 Å². The van der Waals surface area contributed by atoms with E-state index in [1.54, 1.807) is 0 Å². The Labute approximate surface area is 88.6 Å². The fourth-order valence-electron chi connectivity index (χ4n) is 1.09. The van der Waals surface area contributed by atoms with Crippen molar-refractivity contribution in [2.24, 2.45) is 0 Å². The molecule has 1 heterocycles. The molecule has 0 saturated heterocycles. The van der Waals surface area contributed by atoms with E-state index in [2.05, 4.69) is 4.98 Å². The topological polar surface area (TPSA) is 33.1 Å². The molecule has 1 aromatic carbocycles. The maximum absolute atomic E-state index is 13.3. The average Bonchev–Trinajstić information content (AvgIpc) is 2.51. The van der Waals surface area contributed by atoms with Crippen molar-refractivity contribution < 1.29 is 9.50 Å². The minimum atomic E-state index is -0.504. The average molecular weight is 230 g/mol. The Morgan fingerprint density at radius 1 is 1.43 bits per heavy atom. The third-order valence-corrected chi connectivity index (χ3v) is 2.82. The van der Waals surface area contributed by atoms with Gasteiger partial charge in [0, 0.05) is 0 Å². The van der Waals surface area contributed by atoms with Crippen LogP contribution in [0.3, 0.4) is 0 Å². The fraction of sp³-hybridized carbons (Fsp3) is 0. The first-order chi connectivity index (χ1) is 6.68. The lowest BCUT2D eigenvalue weighted by molar-refractivity contribution is 0.472. The first-order valence-corrected chi connectivity index (χ1v) is 4.97. The lowest BCUT2D eigenvalue weighted by atomic mass is 10.2. The van der Waals surface area contributed by atoms with Crippen molar-refractivity contribution >= 4 is 22.9 Å². The van der Waals surface area contributed by atoms with Gasteiger partial charge in [-0.05, 0) is 12.1 Å². The molecule has 1 aromatic heterocycles. The van der Waals surface area contributed by atoms with Gasteiger partial charge >= 0.3 is 0 Å². The molecule has 72 valence electrons. The molecule has 0 radical (unpaired) electrons. The number of rotatable bonds is 1. The Kier molecular flexibility index (Phi) is 2.39. The quantitative estimate of drug-likeness (QED) is 0.814. The van der Waals surface area contributed by atoms with Gasteiger partial charge in [0.05, 0.1) is 11.8 Å². The summed E-state index contributed by atoms with van der Waals surface area (Å²) < 4.78 is 13.8. The van der Waals surface area contributed by atoms with Crippen molar-refractivity contribution in [3.63, 3.8) is 0 Å². The first kappa shape index (κ1) is 9.43. The number of halogens is 2. The molecule has 2 nitrogen and oxygen atoms in total. The predicted octanol–water partition coefficient (Wildman–Crippen LogP) is 3.31. The lowest BCUT2D eigenvalue weighted by Crippen LogP contribution is -1.83. The number of hydrogen-bond acceptors (Lipinski definition) is 3. The highest BCUT2D eigenvalue weighted by atomic mass is 35.5. The van der Waals surface area contributed by atoms with Gasteiger partial charge in [-0.1, -0.05) is 17.7 Å². The fourth-order valence-corrected chi connectivity index (χ4v) is 2.06. The summed E-state index contributed by atoms with van der Waals surface area (Å²) in [7, 11) is 0. The van der Waals surface area contributed by atoms with Crippen LogP contribution in [0.25, 0.3) is 10.6 Å². The largest absolute Gasteiger partial charge is 0.507 e. The zero-order chi connectivity index (χ0) is 10.1. The summed E-state index contributed by atoms with van der Waals surface area (Å²) in [5, 5.41) is 9.82. The van der Waals surface area contributed by atoms with Crippen LogP contribution < -0.4 is 0 Å². The number of phenolic OH excluding ortho intramolecular Hbond substituents is 1. The molecular weight excluding hydrogens is 225 g/mol. The Morgan fingerprint density at radius 3 is 2.79 bits per heavy atom. The molecule has 0 atom stereocenters. The third-order valence-electron chi connectivity index (χ3n) is 1.68. The number of aromatic nitrogens is 1. The minimum Gasteiger partial charge on any atom is -0.507 e. The van der Waals surface area contributed by atoms with Crippen molar-refractivity contribution in [2.45, 2.75) is 0 Å². The molecule has 0 aliphatic rings. The Balaban J connectivity index is 2.61. The van der Waals surface area contributed by atoms with Gasteiger partial charge in [-0.2, -0.15) is 0 Å². The normalized spacial score (nSPS) is 10.4. The molecular formula is C9H5ClFNOS.